The van der Waals surface area contributed by atoms with Crippen LogP contribution in [0.5, 0.6) is 0 Å². The molecule has 0 spiro atoms. The van der Waals surface area contributed by atoms with E-state index in [0.29, 0.717) is 25.9 Å². The highest BCUT2D eigenvalue weighted by Crippen LogP contribution is 2.24. The monoisotopic (exact) mass is 483 g/mol. The van der Waals surface area contributed by atoms with E-state index in [2.05, 4.69) is 10.0 Å². The van der Waals surface area contributed by atoms with Gasteiger partial charge >= 0.3 is 0 Å². The zero-order chi connectivity index (χ0) is 23.2. The number of carbonyl (C=O) groups excluding carboxylic acids is 1. The van der Waals surface area contributed by atoms with Gasteiger partial charge in [0.2, 0.25) is 20.0 Å². The van der Waals surface area contributed by atoms with Gasteiger partial charge in [-0.05, 0) is 36.6 Å². The Hall–Kier alpha value is -2.34. The van der Waals surface area contributed by atoms with E-state index in [0.717, 1.165) is 24.1 Å². The topological polar surface area (TPSA) is 113 Å². The van der Waals surface area contributed by atoms with Crippen LogP contribution in [-0.4, -0.2) is 52.4 Å². The lowest BCUT2D eigenvalue weighted by molar-refractivity contribution is 0.0956. The third-order valence-corrected chi connectivity index (χ3v) is 8.36. The molecule has 1 fully saturated rings. The summed E-state index contributed by atoms with van der Waals surface area (Å²) in [4.78, 5) is 11.9. The van der Waals surface area contributed by atoms with Crippen molar-refractivity contribution in [3.8, 4) is 0 Å². The molecule has 2 aromatic carbocycles. The fourth-order valence-electron chi connectivity index (χ4n) is 3.35. The second kappa shape index (κ2) is 10.5. The van der Waals surface area contributed by atoms with Crippen molar-refractivity contribution in [3.05, 3.63) is 65.5 Å². The molecule has 3 rings (SSSR count). The summed E-state index contributed by atoms with van der Waals surface area (Å²) in [5, 5.41) is 2.44. The van der Waals surface area contributed by atoms with E-state index in [9.17, 15) is 26.0 Å². The molecular formula is C21H26FN3O5S2. The number of hydrogen-bond donors (Lipinski definition) is 2. The maximum absolute atomic E-state index is 14.3. The summed E-state index contributed by atoms with van der Waals surface area (Å²) >= 11 is 0. The van der Waals surface area contributed by atoms with Gasteiger partial charge < -0.3 is 5.32 Å². The number of nitrogens with zero attached hydrogens (tertiary/aromatic N) is 1. The Balaban J connectivity index is 1.60. The van der Waals surface area contributed by atoms with Crippen LogP contribution in [0.3, 0.4) is 0 Å². The van der Waals surface area contributed by atoms with Gasteiger partial charge in [0.25, 0.3) is 5.91 Å². The Morgan fingerprint density at radius 2 is 1.66 bits per heavy atom. The average Bonchev–Trinajstić information content (AvgIpc) is 2.79. The lowest BCUT2D eigenvalue weighted by Crippen LogP contribution is -2.36. The van der Waals surface area contributed by atoms with Gasteiger partial charge in [-0.2, -0.15) is 4.31 Å². The Kier molecular flexibility index (Phi) is 7.99. The Morgan fingerprint density at radius 1 is 0.969 bits per heavy atom. The summed E-state index contributed by atoms with van der Waals surface area (Å²) < 4.78 is 67.8. The lowest BCUT2D eigenvalue weighted by Gasteiger charge is -2.26. The molecule has 2 N–H and O–H groups in total. The molecule has 1 saturated heterocycles. The van der Waals surface area contributed by atoms with Gasteiger partial charge in [0.15, 0.2) is 0 Å². The summed E-state index contributed by atoms with van der Waals surface area (Å²) in [6.07, 6.45) is 2.32. The van der Waals surface area contributed by atoms with Crippen molar-refractivity contribution in [2.24, 2.45) is 0 Å². The maximum Gasteiger partial charge on any atom is 0.251 e. The Bertz CT molecular complexity index is 1150. The second-order valence-electron chi connectivity index (χ2n) is 7.49. The summed E-state index contributed by atoms with van der Waals surface area (Å²) in [5.41, 5.74) is 0.741. The number of piperidine rings is 1. The average molecular weight is 484 g/mol. The molecule has 1 amide bonds. The molecule has 11 heteroatoms. The van der Waals surface area contributed by atoms with Crippen molar-refractivity contribution in [2.45, 2.75) is 30.7 Å². The minimum absolute atomic E-state index is 0.0587. The number of amides is 1. The Labute approximate surface area is 187 Å². The first-order valence-electron chi connectivity index (χ1n) is 10.3. The van der Waals surface area contributed by atoms with Crippen LogP contribution in [0, 0.1) is 5.82 Å². The molecule has 0 saturated carbocycles. The molecule has 1 heterocycles. The molecule has 0 bridgehead atoms. The van der Waals surface area contributed by atoms with Gasteiger partial charge in [0.1, 0.15) is 10.7 Å². The molecule has 0 atom stereocenters. The normalized spacial score (nSPS) is 15.4. The maximum atomic E-state index is 14.3. The molecule has 32 heavy (non-hydrogen) atoms. The standard InChI is InChI=1S/C21H26FN3O5S2/c22-19-10-9-18(15-20(19)32(29,30)25-12-5-2-6-13-25)21(26)23-11-14-31(27,28)24-16-17-7-3-1-4-8-17/h1,3-4,7-10,15,24H,2,5-6,11-14,16H2,(H,23,26). The second-order valence-corrected chi connectivity index (χ2v) is 11.3. The highest BCUT2D eigenvalue weighted by Gasteiger charge is 2.29. The summed E-state index contributed by atoms with van der Waals surface area (Å²) in [5.74, 6) is -1.97. The fourth-order valence-corrected chi connectivity index (χ4v) is 5.86. The smallest absolute Gasteiger partial charge is 0.251 e. The first-order chi connectivity index (χ1) is 15.2. The van der Waals surface area contributed by atoms with Crippen LogP contribution < -0.4 is 10.0 Å². The zero-order valence-corrected chi connectivity index (χ0v) is 19.1. The van der Waals surface area contributed by atoms with E-state index in [1.807, 2.05) is 6.07 Å². The molecule has 8 nitrogen and oxygen atoms in total. The molecular weight excluding hydrogens is 457 g/mol. The minimum Gasteiger partial charge on any atom is -0.351 e. The fraction of sp³-hybridized carbons (Fsp3) is 0.381. The van der Waals surface area contributed by atoms with Crippen LogP contribution in [0.1, 0.15) is 35.2 Å². The predicted octanol–water partition coefficient (Wildman–Crippen LogP) is 1.85. The van der Waals surface area contributed by atoms with E-state index < -0.39 is 36.7 Å². The van der Waals surface area contributed by atoms with Gasteiger partial charge in [-0.1, -0.05) is 36.8 Å². The van der Waals surface area contributed by atoms with E-state index >= 15 is 0 Å². The Morgan fingerprint density at radius 3 is 2.34 bits per heavy atom. The summed E-state index contributed by atoms with van der Waals surface area (Å²) in [6.45, 7) is 0.569. The van der Waals surface area contributed by atoms with Crippen LogP contribution in [-0.2, 0) is 26.6 Å². The van der Waals surface area contributed by atoms with Crippen molar-refractivity contribution < 1.29 is 26.0 Å². The molecule has 0 aromatic heterocycles. The largest absolute Gasteiger partial charge is 0.351 e. The van der Waals surface area contributed by atoms with Crippen LogP contribution in [0.15, 0.2) is 53.4 Å². The van der Waals surface area contributed by atoms with E-state index in [4.69, 9.17) is 0 Å². The number of nitrogens with one attached hydrogen (secondary N) is 2. The van der Waals surface area contributed by atoms with E-state index in [1.54, 1.807) is 24.3 Å². The highest BCUT2D eigenvalue weighted by molar-refractivity contribution is 7.89. The zero-order valence-electron chi connectivity index (χ0n) is 17.5. The van der Waals surface area contributed by atoms with E-state index in [-0.39, 0.29) is 24.4 Å². The summed E-state index contributed by atoms with van der Waals surface area (Å²) in [7, 11) is -7.69. The third-order valence-electron chi connectivity index (χ3n) is 5.12. The predicted molar refractivity (Wildman–Crippen MR) is 118 cm³/mol. The third kappa shape index (κ3) is 6.35. The van der Waals surface area contributed by atoms with E-state index in [1.165, 1.54) is 10.4 Å². The number of benzene rings is 2. The molecule has 1 aliphatic rings. The van der Waals surface area contributed by atoms with Crippen LogP contribution in [0.2, 0.25) is 0 Å². The molecule has 0 aliphatic carbocycles. The molecule has 174 valence electrons. The van der Waals surface area contributed by atoms with Gasteiger partial charge in [-0.25, -0.2) is 25.9 Å². The first kappa shape index (κ1) is 24.3. The minimum atomic E-state index is -4.05. The number of hydrogen-bond acceptors (Lipinski definition) is 5. The molecule has 0 unspecified atom stereocenters. The van der Waals surface area contributed by atoms with Gasteiger partial charge in [-0.15, -0.1) is 0 Å². The number of carbonyl (C=O) groups is 1. The number of halogens is 1. The van der Waals surface area contributed by atoms with Crippen molar-refractivity contribution in [3.63, 3.8) is 0 Å². The van der Waals surface area contributed by atoms with Crippen molar-refractivity contribution in [2.75, 3.05) is 25.4 Å². The van der Waals surface area contributed by atoms with Crippen LogP contribution in [0.4, 0.5) is 4.39 Å². The number of rotatable bonds is 9. The quantitative estimate of drug-likeness (QED) is 0.565. The molecule has 0 radical (unpaired) electrons. The lowest BCUT2D eigenvalue weighted by atomic mass is 10.2. The molecule has 2 aromatic rings. The molecule has 1 aliphatic heterocycles. The SMILES string of the molecule is O=C(NCCS(=O)(=O)NCc1ccccc1)c1ccc(F)c(S(=O)(=O)N2CCCCC2)c1. The highest BCUT2D eigenvalue weighted by atomic mass is 32.2. The van der Waals surface area contributed by atoms with Gasteiger partial charge in [0, 0.05) is 31.7 Å². The van der Waals surface area contributed by atoms with Gasteiger partial charge in [0.05, 0.1) is 5.75 Å². The van der Waals surface area contributed by atoms with Crippen LogP contribution >= 0.6 is 0 Å². The van der Waals surface area contributed by atoms with Crippen molar-refractivity contribution in [1.29, 1.82) is 0 Å². The van der Waals surface area contributed by atoms with Crippen molar-refractivity contribution >= 4 is 26.0 Å². The van der Waals surface area contributed by atoms with Gasteiger partial charge in [-0.3, -0.25) is 4.79 Å². The first-order valence-corrected chi connectivity index (χ1v) is 13.4. The summed E-state index contributed by atoms with van der Waals surface area (Å²) in [6, 6.07) is 12.1. The van der Waals surface area contributed by atoms with Crippen LogP contribution in [0.25, 0.3) is 0 Å². The van der Waals surface area contributed by atoms with Crippen molar-refractivity contribution in [1.82, 2.24) is 14.3 Å². The number of sulfonamides is 2.